The van der Waals surface area contributed by atoms with Crippen LogP contribution in [0.4, 0.5) is 0 Å². The predicted octanol–water partition coefficient (Wildman–Crippen LogP) is 4.08. The van der Waals surface area contributed by atoms with Crippen molar-refractivity contribution in [2.24, 2.45) is 0 Å². The molecule has 0 amide bonds. The molecule has 1 N–H and O–H groups in total. The molecule has 1 aliphatic heterocycles. The van der Waals surface area contributed by atoms with Crippen molar-refractivity contribution in [2.45, 2.75) is 83.5 Å². The Kier molecular flexibility index (Phi) is 4.15. The van der Waals surface area contributed by atoms with Crippen LogP contribution in [0.2, 0.25) is 0 Å². The number of nitrogens with zero attached hydrogens (tertiary/aromatic N) is 1. The Hall–Kier alpha value is -0.800. The molecule has 1 aromatic rings. The van der Waals surface area contributed by atoms with Crippen LogP contribution >= 0.6 is 0 Å². The van der Waals surface area contributed by atoms with E-state index < -0.39 is 0 Å². The zero-order valence-corrected chi connectivity index (χ0v) is 13.7. The summed E-state index contributed by atoms with van der Waals surface area (Å²) in [6.07, 6.45) is 7.26. The van der Waals surface area contributed by atoms with Gasteiger partial charge in [-0.05, 0) is 57.9 Å². The van der Waals surface area contributed by atoms with Crippen molar-refractivity contribution in [3.8, 4) is 0 Å². The number of aliphatic hydroxyl groups is 1. The van der Waals surface area contributed by atoms with Gasteiger partial charge in [-0.15, -0.1) is 0 Å². The first-order valence-corrected chi connectivity index (χ1v) is 8.63. The first-order valence-electron chi connectivity index (χ1n) is 8.63. The number of fused-ring (bicyclic) bond motifs is 1. The van der Waals surface area contributed by atoms with Crippen LogP contribution in [0.25, 0.3) is 0 Å². The Morgan fingerprint density at radius 1 is 1.33 bits per heavy atom. The summed E-state index contributed by atoms with van der Waals surface area (Å²) in [5.41, 5.74) is 3.94. The van der Waals surface area contributed by atoms with Gasteiger partial charge in [0.05, 0.1) is 11.7 Å². The summed E-state index contributed by atoms with van der Waals surface area (Å²) in [7, 11) is 0. The van der Waals surface area contributed by atoms with Crippen LogP contribution < -0.4 is 0 Å². The van der Waals surface area contributed by atoms with E-state index in [-0.39, 0.29) is 11.7 Å². The molecule has 118 valence electrons. The van der Waals surface area contributed by atoms with Crippen LogP contribution in [0.3, 0.4) is 0 Å². The van der Waals surface area contributed by atoms with Gasteiger partial charge in [0.15, 0.2) is 0 Å². The predicted molar refractivity (Wildman–Crippen MR) is 84.6 cm³/mol. The number of aryl methyl sites for hydroxylation is 1. The maximum absolute atomic E-state index is 10.3. The summed E-state index contributed by atoms with van der Waals surface area (Å²) >= 11 is 0. The fourth-order valence-electron chi connectivity index (χ4n) is 4.37. The molecule has 1 aromatic heterocycles. The van der Waals surface area contributed by atoms with Crippen LogP contribution in [0.5, 0.6) is 0 Å². The molecule has 0 aromatic carbocycles. The largest absolute Gasteiger partial charge is 0.388 e. The van der Waals surface area contributed by atoms with Crippen LogP contribution in [0, 0.1) is 6.92 Å². The van der Waals surface area contributed by atoms with Crippen molar-refractivity contribution >= 4 is 0 Å². The van der Waals surface area contributed by atoms with Crippen LogP contribution in [0.1, 0.15) is 81.5 Å². The smallest absolute Gasteiger partial charge is 0.0807 e. The van der Waals surface area contributed by atoms with Crippen LogP contribution in [-0.2, 0) is 11.2 Å². The van der Waals surface area contributed by atoms with Gasteiger partial charge in [0.25, 0.3) is 0 Å². The average Bonchev–Trinajstić information content (AvgIpc) is 2.85. The molecule has 21 heavy (non-hydrogen) atoms. The van der Waals surface area contributed by atoms with Crippen LogP contribution in [0.15, 0.2) is 6.07 Å². The van der Waals surface area contributed by atoms with Crippen molar-refractivity contribution in [1.29, 1.82) is 0 Å². The molecule has 2 aliphatic rings. The first kappa shape index (κ1) is 15.1. The zero-order chi connectivity index (χ0) is 15.0. The molecule has 0 spiro atoms. The second kappa shape index (κ2) is 5.77. The molecule has 1 fully saturated rings. The van der Waals surface area contributed by atoms with Gasteiger partial charge in [-0.3, -0.25) is 0 Å². The minimum absolute atomic E-state index is 0.0554. The van der Waals surface area contributed by atoms with Gasteiger partial charge in [0.2, 0.25) is 0 Å². The normalized spacial score (nSPS) is 28.4. The Morgan fingerprint density at radius 3 is 2.81 bits per heavy atom. The highest BCUT2D eigenvalue weighted by atomic mass is 16.5. The SMILES string of the molecule is CCC1(CC)CC(n2c(C)cc3c2CCCC3O)CCO1. The average molecular weight is 291 g/mol. The van der Waals surface area contributed by atoms with E-state index >= 15 is 0 Å². The molecule has 0 saturated carbocycles. The molecule has 2 atom stereocenters. The molecule has 0 bridgehead atoms. The third-order valence-corrected chi connectivity index (χ3v) is 5.74. The number of aliphatic hydroxyl groups excluding tert-OH is 1. The monoisotopic (exact) mass is 291 g/mol. The van der Waals surface area contributed by atoms with Gasteiger partial charge in [-0.1, -0.05) is 13.8 Å². The molecule has 2 heterocycles. The van der Waals surface area contributed by atoms with Crippen molar-refractivity contribution in [1.82, 2.24) is 4.57 Å². The lowest BCUT2D eigenvalue weighted by Gasteiger charge is -2.41. The number of hydrogen-bond donors (Lipinski definition) is 1. The molecular formula is C18H29NO2. The summed E-state index contributed by atoms with van der Waals surface area (Å²) in [5.74, 6) is 0. The number of aromatic nitrogens is 1. The number of rotatable bonds is 3. The topological polar surface area (TPSA) is 34.4 Å². The van der Waals surface area contributed by atoms with Gasteiger partial charge in [-0.25, -0.2) is 0 Å². The van der Waals surface area contributed by atoms with Gasteiger partial charge in [-0.2, -0.15) is 0 Å². The fraction of sp³-hybridized carbons (Fsp3) is 0.778. The minimum Gasteiger partial charge on any atom is -0.388 e. The number of ether oxygens (including phenoxy) is 1. The van der Waals surface area contributed by atoms with E-state index in [1.807, 2.05) is 0 Å². The summed E-state index contributed by atoms with van der Waals surface area (Å²) in [4.78, 5) is 0. The first-order chi connectivity index (χ1) is 10.1. The van der Waals surface area contributed by atoms with E-state index in [4.69, 9.17) is 4.74 Å². The van der Waals surface area contributed by atoms with E-state index in [9.17, 15) is 5.11 Å². The quantitative estimate of drug-likeness (QED) is 0.910. The number of hydrogen-bond acceptors (Lipinski definition) is 2. The van der Waals surface area contributed by atoms with Gasteiger partial charge >= 0.3 is 0 Å². The highest BCUT2D eigenvalue weighted by Crippen LogP contribution is 2.41. The van der Waals surface area contributed by atoms with Crippen molar-refractivity contribution < 1.29 is 9.84 Å². The molecule has 1 saturated heterocycles. The zero-order valence-electron chi connectivity index (χ0n) is 13.7. The standard InChI is InChI=1S/C18H29NO2/c1-4-18(5-2)12-14(9-10-21-18)19-13(3)11-15-16(19)7-6-8-17(15)20/h11,14,17,20H,4-10,12H2,1-3H3. The lowest BCUT2D eigenvalue weighted by Crippen LogP contribution is -2.40. The maximum atomic E-state index is 10.3. The highest BCUT2D eigenvalue weighted by molar-refractivity contribution is 5.32. The Morgan fingerprint density at radius 2 is 2.10 bits per heavy atom. The minimum atomic E-state index is -0.254. The third-order valence-electron chi connectivity index (χ3n) is 5.74. The van der Waals surface area contributed by atoms with E-state index in [1.54, 1.807) is 0 Å². The summed E-state index contributed by atoms with van der Waals surface area (Å²) in [6, 6.07) is 2.75. The molecule has 3 rings (SSSR count). The third kappa shape index (κ3) is 2.55. The molecular weight excluding hydrogens is 262 g/mol. The van der Waals surface area contributed by atoms with Gasteiger partial charge < -0.3 is 14.4 Å². The Balaban J connectivity index is 1.93. The van der Waals surface area contributed by atoms with Crippen molar-refractivity contribution in [2.75, 3.05) is 6.61 Å². The fourth-order valence-corrected chi connectivity index (χ4v) is 4.37. The molecule has 2 unspecified atom stereocenters. The lowest BCUT2D eigenvalue weighted by atomic mass is 9.85. The molecule has 3 nitrogen and oxygen atoms in total. The maximum Gasteiger partial charge on any atom is 0.0807 e. The van der Waals surface area contributed by atoms with E-state index in [0.717, 1.165) is 51.6 Å². The second-order valence-electron chi connectivity index (χ2n) is 6.85. The highest BCUT2D eigenvalue weighted by Gasteiger charge is 2.37. The summed E-state index contributed by atoms with van der Waals surface area (Å²) in [6.45, 7) is 7.54. The Bertz CT molecular complexity index is 502. The second-order valence-corrected chi connectivity index (χ2v) is 6.85. The van der Waals surface area contributed by atoms with Crippen molar-refractivity contribution in [3.63, 3.8) is 0 Å². The molecule has 3 heteroatoms. The van der Waals surface area contributed by atoms with E-state index in [2.05, 4.69) is 31.4 Å². The van der Waals surface area contributed by atoms with Gasteiger partial charge in [0.1, 0.15) is 0 Å². The summed E-state index contributed by atoms with van der Waals surface area (Å²) < 4.78 is 8.66. The van der Waals surface area contributed by atoms with Crippen molar-refractivity contribution in [3.05, 3.63) is 23.0 Å². The Labute approximate surface area is 128 Å². The lowest BCUT2D eigenvalue weighted by molar-refractivity contribution is -0.0991. The van der Waals surface area contributed by atoms with E-state index in [1.165, 1.54) is 17.0 Å². The molecule has 1 aliphatic carbocycles. The van der Waals surface area contributed by atoms with Gasteiger partial charge in [0, 0.05) is 29.6 Å². The van der Waals surface area contributed by atoms with E-state index in [0.29, 0.717) is 6.04 Å². The summed E-state index contributed by atoms with van der Waals surface area (Å²) in [5, 5.41) is 10.3. The molecule has 0 radical (unpaired) electrons. The van der Waals surface area contributed by atoms with Crippen LogP contribution in [-0.4, -0.2) is 21.9 Å².